The van der Waals surface area contributed by atoms with Crippen LogP contribution in [0.2, 0.25) is 0 Å². The van der Waals surface area contributed by atoms with Gasteiger partial charge < -0.3 is 10.1 Å². The minimum absolute atomic E-state index is 0.225. The quantitative estimate of drug-likeness (QED) is 0.732. The lowest BCUT2D eigenvalue weighted by Gasteiger charge is -2.06. The Balaban J connectivity index is 2.84. The Labute approximate surface area is 82.1 Å². The molecule has 0 aliphatic rings. The number of ether oxygens (including phenoxy) is 1. The molecule has 0 amide bonds. The fourth-order valence-corrected chi connectivity index (χ4v) is 1.05. The summed E-state index contributed by atoms with van der Waals surface area (Å²) in [6.07, 6.45) is 0. The first kappa shape index (κ1) is 10.1. The number of anilines is 1. The molecule has 4 nitrogen and oxygen atoms in total. The molecule has 0 radical (unpaired) electrons. The standard InChI is InChI=1S/C10H10N2O2/c1-12-9-5-3-2-4-8(9)10(13)14-7-6-11/h2-5,12H,7H2,1H3. The third-order valence-corrected chi connectivity index (χ3v) is 1.68. The van der Waals surface area contributed by atoms with E-state index in [4.69, 9.17) is 5.26 Å². The Hall–Kier alpha value is -2.02. The van der Waals surface area contributed by atoms with Crippen LogP contribution < -0.4 is 5.32 Å². The zero-order valence-electron chi connectivity index (χ0n) is 7.78. The number of rotatable bonds is 3. The van der Waals surface area contributed by atoms with Crippen molar-refractivity contribution in [3.8, 4) is 6.07 Å². The second-order valence-electron chi connectivity index (χ2n) is 2.53. The topological polar surface area (TPSA) is 62.1 Å². The molecule has 14 heavy (non-hydrogen) atoms. The van der Waals surface area contributed by atoms with Crippen molar-refractivity contribution in [2.75, 3.05) is 19.0 Å². The molecule has 0 saturated heterocycles. The average Bonchev–Trinajstić information content (AvgIpc) is 2.25. The molecule has 0 unspecified atom stereocenters. The molecule has 1 aromatic carbocycles. The minimum Gasteiger partial charge on any atom is -0.447 e. The maximum absolute atomic E-state index is 11.4. The summed E-state index contributed by atoms with van der Waals surface area (Å²) in [5.41, 5.74) is 1.13. The molecule has 1 N–H and O–H groups in total. The number of nitriles is 1. The van der Waals surface area contributed by atoms with Gasteiger partial charge in [-0.2, -0.15) is 5.26 Å². The van der Waals surface area contributed by atoms with Crippen LogP contribution in [-0.4, -0.2) is 19.6 Å². The number of hydrogen-bond donors (Lipinski definition) is 1. The van der Waals surface area contributed by atoms with Crippen molar-refractivity contribution in [1.82, 2.24) is 0 Å². The van der Waals surface area contributed by atoms with Crippen molar-refractivity contribution in [2.24, 2.45) is 0 Å². The van der Waals surface area contributed by atoms with Gasteiger partial charge in [0.1, 0.15) is 6.07 Å². The van der Waals surface area contributed by atoms with E-state index in [2.05, 4.69) is 10.1 Å². The third kappa shape index (κ3) is 2.23. The Kier molecular flexibility index (Phi) is 3.50. The molecule has 0 aliphatic heterocycles. The van der Waals surface area contributed by atoms with Crippen LogP contribution in [0.4, 0.5) is 5.69 Å². The molecule has 0 fully saturated rings. The Bertz CT molecular complexity index is 369. The third-order valence-electron chi connectivity index (χ3n) is 1.68. The van der Waals surface area contributed by atoms with E-state index in [9.17, 15) is 4.79 Å². The molecule has 4 heteroatoms. The maximum Gasteiger partial charge on any atom is 0.341 e. The number of hydrogen-bond acceptors (Lipinski definition) is 4. The SMILES string of the molecule is CNc1ccccc1C(=O)OCC#N. The summed E-state index contributed by atoms with van der Waals surface area (Å²) in [7, 11) is 1.72. The smallest absolute Gasteiger partial charge is 0.341 e. The zero-order chi connectivity index (χ0) is 10.4. The molecular weight excluding hydrogens is 180 g/mol. The molecular formula is C10H10N2O2. The van der Waals surface area contributed by atoms with Crippen molar-refractivity contribution in [3.63, 3.8) is 0 Å². The first-order valence-corrected chi connectivity index (χ1v) is 4.10. The lowest BCUT2D eigenvalue weighted by atomic mass is 10.2. The highest BCUT2D eigenvalue weighted by Gasteiger charge is 2.10. The van der Waals surface area contributed by atoms with Gasteiger partial charge in [0, 0.05) is 12.7 Å². The average molecular weight is 190 g/mol. The van der Waals surface area contributed by atoms with E-state index in [-0.39, 0.29) is 6.61 Å². The molecule has 1 aromatic rings. The Morgan fingerprint density at radius 2 is 2.29 bits per heavy atom. The zero-order valence-corrected chi connectivity index (χ0v) is 7.78. The molecule has 0 aliphatic carbocycles. The van der Waals surface area contributed by atoms with Crippen molar-refractivity contribution in [3.05, 3.63) is 29.8 Å². The highest BCUT2D eigenvalue weighted by atomic mass is 16.5. The predicted octanol–water partition coefficient (Wildman–Crippen LogP) is 1.41. The van der Waals surface area contributed by atoms with Crippen molar-refractivity contribution < 1.29 is 9.53 Å². The monoisotopic (exact) mass is 190 g/mol. The minimum atomic E-state index is -0.489. The van der Waals surface area contributed by atoms with Crippen molar-refractivity contribution in [1.29, 1.82) is 5.26 Å². The van der Waals surface area contributed by atoms with E-state index in [1.54, 1.807) is 31.3 Å². The number of carbonyl (C=O) groups excluding carboxylic acids is 1. The molecule has 0 atom stereocenters. The van der Waals surface area contributed by atoms with E-state index >= 15 is 0 Å². The van der Waals surface area contributed by atoms with Crippen LogP contribution in [-0.2, 0) is 4.74 Å². The van der Waals surface area contributed by atoms with Crippen LogP contribution >= 0.6 is 0 Å². The summed E-state index contributed by atoms with van der Waals surface area (Å²) in [6.45, 7) is -0.225. The van der Waals surface area contributed by atoms with Gasteiger partial charge in [0.25, 0.3) is 0 Å². The van der Waals surface area contributed by atoms with Gasteiger partial charge in [-0.3, -0.25) is 0 Å². The summed E-state index contributed by atoms with van der Waals surface area (Å²) in [6, 6.07) is 8.71. The molecule has 0 spiro atoms. The number of benzene rings is 1. The summed E-state index contributed by atoms with van der Waals surface area (Å²) in [4.78, 5) is 11.4. The van der Waals surface area contributed by atoms with Crippen LogP contribution in [0.3, 0.4) is 0 Å². The van der Waals surface area contributed by atoms with E-state index in [0.29, 0.717) is 11.3 Å². The maximum atomic E-state index is 11.4. The molecule has 0 heterocycles. The van der Waals surface area contributed by atoms with Crippen LogP contribution in [0, 0.1) is 11.3 Å². The normalized spacial score (nSPS) is 8.86. The van der Waals surface area contributed by atoms with Gasteiger partial charge in [0.2, 0.25) is 0 Å². The van der Waals surface area contributed by atoms with Crippen LogP contribution in [0.1, 0.15) is 10.4 Å². The summed E-state index contributed by atoms with van der Waals surface area (Å²) >= 11 is 0. The lowest BCUT2D eigenvalue weighted by Crippen LogP contribution is -2.08. The molecule has 72 valence electrons. The van der Waals surface area contributed by atoms with Gasteiger partial charge >= 0.3 is 5.97 Å². The van der Waals surface area contributed by atoms with Crippen LogP contribution in [0.15, 0.2) is 24.3 Å². The lowest BCUT2D eigenvalue weighted by molar-refractivity contribution is 0.0556. The van der Waals surface area contributed by atoms with Gasteiger partial charge in [-0.05, 0) is 12.1 Å². The molecule has 0 saturated carbocycles. The van der Waals surface area contributed by atoms with Crippen molar-refractivity contribution >= 4 is 11.7 Å². The van der Waals surface area contributed by atoms with Crippen LogP contribution in [0.5, 0.6) is 0 Å². The molecule has 0 bridgehead atoms. The molecule has 1 rings (SSSR count). The predicted molar refractivity (Wildman–Crippen MR) is 51.9 cm³/mol. The number of para-hydroxylation sites is 1. The second kappa shape index (κ2) is 4.87. The summed E-state index contributed by atoms with van der Waals surface area (Å²) in [5, 5.41) is 11.1. The summed E-state index contributed by atoms with van der Waals surface area (Å²) < 4.78 is 4.68. The van der Waals surface area contributed by atoms with E-state index < -0.39 is 5.97 Å². The van der Waals surface area contributed by atoms with Gasteiger partial charge in [-0.25, -0.2) is 4.79 Å². The number of nitrogens with one attached hydrogen (secondary N) is 1. The molecule has 0 aromatic heterocycles. The van der Waals surface area contributed by atoms with Gasteiger partial charge in [-0.15, -0.1) is 0 Å². The van der Waals surface area contributed by atoms with E-state index in [1.807, 2.05) is 6.07 Å². The fraction of sp³-hybridized carbons (Fsp3) is 0.200. The number of nitrogens with zero attached hydrogens (tertiary/aromatic N) is 1. The van der Waals surface area contributed by atoms with E-state index in [0.717, 1.165) is 0 Å². The van der Waals surface area contributed by atoms with Gasteiger partial charge in [0.15, 0.2) is 6.61 Å². The van der Waals surface area contributed by atoms with Gasteiger partial charge in [0.05, 0.1) is 5.56 Å². The first-order valence-electron chi connectivity index (χ1n) is 4.10. The summed E-state index contributed by atoms with van der Waals surface area (Å²) in [5.74, 6) is -0.489. The second-order valence-corrected chi connectivity index (χ2v) is 2.53. The largest absolute Gasteiger partial charge is 0.447 e. The van der Waals surface area contributed by atoms with Crippen molar-refractivity contribution in [2.45, 2.75) is 0 Å². The van der Waals surface area contributed by atoms with Gasteiger partial charge in [-0.1, -0.05) is 12.1 Å². The number of carbonyl (C=O) groups is 1. The Morgan fingerprint density at radius 1 is 1.57 bits per heavy atom. The van der Waals surface area contributed by atoms with E-state index in [1.165, 1.54) is 0 Å². The first-order chi connectivity index (χ1) is 6.79. The Morgan fingerprint density at radius 3 is 2.93 bits per heavy atom. The fourth-order valence-electron chi connectivity index (χ4n) is 1.05. The highest BCUT2D eigenvalue weighted by molar-refractivity contribution is 5.95. The van der Waals surface area contributed by atoms with Crippen LogP contribution in [0.25, 0.3) is 0 Å². The number of esters is 1. The highest BCUT2D eigenvalue weighted by Crippen LogP contribution is 2.14.